The van der Waals surface area contributed by atoms with Crippen LogP contribution in [-0.4, -0.2) is 49.8 Å². The molecule has 2 fully saturated rings. The average Bonchev–Trinajstić information content (AvgIpc) is 3.13. The molecule has 0 radical (unpaired) electrons. The van der Waals surface area contributed by atoms with E-state index in [0.717, 1.165) is 38.7 Å². The Hall–Kier alpha value is -1.34. The molecule has 0 N–H and O–H groups in total. The maximum absolute atomic E-state index is 12.9. The van der Waals surface area contributed by atoms with Gasteiger partial charge in [-0.3, -0.25) is 0 Å². The Bertz CT molecular complexity index is 561. The van der Waals surface area contributed by atoms with E-state index < -0.39 is 11.7 Å². The van der Waals surface area contributed by atoms with Crippen molar-refractivity contribution in [3.05, 3.63) is 23.9 Å². The fourth-order valence-electron chi connectivity index (χ4n) is 3.42. The number of nitrogens with zero attached hydrogens (tertiary/aromatic N) is 2. The third-order valence-corrected chi connectivity index (χ3v) is 4.87. The highest BCUT2D eigenvalue weighted by Crippen LogP contribution is 2.47. The number of hydrogen-bond acceptors (Lipinski definition) is 4. The second kappa shape index (κ2) is 6.88. The fraction of sp³-hybridized carbons (Fsp3) is 0.706. The van der Waals surface area contributed by atoms with Crippen molar-refractivity contribution >= 4 is 0 Å². The minimum Gasteiger partial charge on any atom is -0.477 e. The van der Waals surface area contributed by atoms with Crippen molar-refractivity contribution in [2.45, 2.75) is 25.4 Å². The SMILES string of the molecule is COCC1(CN2CC[C@@H](COc3ncccc3C(F)(F)F)C2)CC1. The normalized spacial score (nSPS) is 23.4. The van der Waals surface area contributed by atoms with Crippen molar-refractivity contribution < 1.29 is 22.6 Å². The molecule has 1 saturated carbocycles. The molecule has 134 valence electrons. The molecule has 3 rings (SSSR count). The summed E-state index contributed by atoms with van der Waals surface area (Å²) in [4.78, 5) is 6.12. The summed E-state index contributed by atoms with van der Waals surface area (Å²) in [7, 11) is 1.73. The molecule has 24 heavy (non-hydrogen) atoms. The molecule has 1 atom stereocenters. The van der Waals surface area contributed by atoms with Crippen molar-refractivity contribution in [1.29, 1.82) is 0 Å². The highest BCUT2D eigenvalue weighted by atomic mass is 19.4. The van der Waals surface area contributed by atoms with Gasteiger partial charge < -0.3 is 14.4 Å². The van der Waals surface area contributed by atoms with Crippen LogP contribution in [0, 0.1) is 11.3 Å². The number of pyridine rings is 1. The van der Waals surface area contributed by atoms with E-state index in [9.17, 15) is 13.2 Å². The molecule has 1 aromatic rings. The van der Waals surface area contributed by atoms with Gasteiger partial charge in [0.1, 0.15) is 5.56 Å². The van der Waals surface area contributed by atoms with Crippen molar-refractivity contribution in [2.24, 2.45) is 11.3 Å². The molecule has 0 bridgehead atoms. The first kappa shape index (κ1) is 17.5. The van der Waals surface area contributed by atoms with Crippen molar-refractivity contribution in [1.82, 2.24) is 9.88 Å². The van der Waals surface area contributed by atoms with Gasteiger partial charge in [-0.05, 0) is 37.9 Å². The number of ether oxygens (including phenoxy) is 2. The Kier molecular flexibility index (Phi) is 5.01. The summed E-state index contributed by atoms with van der Waals surface area (Å²) in [6, 6.07) is 2.28. The van der Waals surface area contributed by atoms with Gasteiger partial charge in [-0.2, -0.15) is 13.2 Å². The second-order valence-electron chi connectivity index (χ2n) is 6.99. The molecule has 2 aliphatic rings. The lowest BCUT2D eigenvalue weighted by Gasteiger charge is -2.23. The summed E-state index contributed by atoms with van der Waals surface area (Å²) >= 11 is 0. The van der Waals surface area contributed by atoms with Crippen LogP contribution in [0.5, 0.6) is 5.88 Å². The molecule has 0 spiro atoms. The Morgan fingerprint density at radius 1 is 1.38 bits per heavy atom. The van der Waals surface area contributed by atoms with Crippen molar-refractivity contribution in [3.8, 4) is 5.88 Å². The first-order valence-electron chi connectivity index (χ1n) is 8.28. The van der Waals surface area contributed by atoms with E-state index in [2.05, 4.69) is 9.88 Å². The van der Waals surface area contributed by atoms with Crippen molar-refractivity contribution in [2.75, 3.05) is 40.0 Å². The molecule has 1 saturated heterocycles. The average molecular weight is 344 g/mol. The van der Waals surface area contributed by atoms with Crippen LogP contribution in [0.2, 0.25) is 0 Å². The summed E-state index contributed by atoms with van der Waals surface area (Å²) in [5.41, 5.74) is -0.508. The zero-order valence-corrected chi connectivity index (χ0v) is 13.8. The zero-order valence-electron chi connectivity index (χ0n) is 13.8. The lowest BCUT2D eigenvalue weighted by Crippen LogP contribution is -2.31. The number of methoxy groups -OCH3 is 1. The molecule has 1 aliphatic heterocycles. The highest BCUT2D eigenvalue weighted by Gasteiger charge is 2.45. The molecule has 1 aliphatic carbocycles. The molecular weight excluding hydrogens is 321 g/mol. The van der Waals surface area contributed by atoms with Crippen LogP contribution in [0.3, 0.4) is 0 Å². The zero-order chi connectivity index (χ0) is 17.2. The second-order valence-corrected chi connectivity index (χ2v) is 6.99. The van der Waals surface area contributed by atoms with Gasteiger partial charge in [-0.25, -0.2) is 4.98 Å². The van der Waals surface area contributed by atoms with Gasteiger partial charge in [0.25, 0.3) is 0 Å². The van der Waals surface area contributed by atoms with Crippen LogP contribution >= 0.6 is 0 Å². The van der Waals surface area contributed by atoms with E-state index in [4.69, 9.17) is 9.47 Å². The lowest BCUT2D eigenvalue weighted by atomic mass is 10.1. The van der Waals surface area contributed by atoms with Crippen LogP contribution < -0.4 is 4.74 Å². The monoisotopic (exact) mass is 344 g/mol. The number of likely N-dealkylation sites (tertiary alicyclic amines) is 1. The van der Waals surface area contributed by atoms with E-state index in [-0.39, 0.29) is 18.4 Å². The minimum absolute atomic E-state index is 0.242. The Labute approximate surface area is 140 Å². The summed E-state index contributed by atoms with van der Waals surface area (Å²) < 4.78 is 49.5. The van der Waals surface area contributed by atoms with Crippen LogP contribution in [0.15, 0.2) is 18.3 Å². The minimum atomic E-state index is -4.44. The van der Waals surface area contributed by atoms with Gasteiger partial charge in [0.2, 0.25) is 5.88 Å². The molecule has 0 aromatic carbocycles. The Morgan fingerprint density at radius 3 is 2.83 bits per heavy atom. The van der Waals surface area contributed by atoms with Crippen LogP contribution in [0.1, 0.15) is 24.8 Å². The summed E-state index contributed by atoms with van der Waals surface area (Å²) in [6.07, 6.45) is 0.219. The predicted molar refractivity (Wildman–Crippen MR) is 82.8 cm³/mol. The highest BCUT2D eigenvalue weighted by molar-refractivity contribution is 5.28. The van der Waals surface area contributed by atoms with Gasteiger partial charge >= 0.3 is 6.18 Å². The summed E-state index contributed by atoms with van der Waals surface area (Å²) in [5, 5.41) is 0. The standard InChI is InChI=1S/C17H23F3N2O2/c1-23-12-16(5-6-16)11-22-8-4-13(9-22)10-24-15-14(17(18,19)20)3-2-7-21-15/h2-3,7,13H,4-6,8-12H2,1H3/t13-/m1/s1. The molecule has 7 heteroatoms. The third kappa shape index (κ3) is 4.19. The summed E-state index contributed by atoms with van der Waals surface area (Å²) in [6.45, 7) is 3.89. The maximum Gasteiger partial charge on any atom is 0.421 e. The summed E-state index contributed by atoms with van der Waals surface area (Å²) in [5.74, 6) is -0.0760. The number of aromatic nitrogens is 1. The first-order chi connectivity index (χ1) is 11.4. The Morgan fingerprint density at radius 2 is 2.17 bits per heavy atom. The fourth-order valence-corrected chi connectivity index (χ4v) is 3.42. The van der Waals surface area contributed by atoms with Gasteiger partial charge in [0.15, 0.2) is 0 Å². The van der Waals surface area contributed by atoms with Gasteiger partial charge in [0.05, 0.1) is 13.2 Å². The first-order valence-corrected chi connectivity index (χ1v) is 8.28. The Balaban J connectivity index is 1.50. The third-order valence-electron chi connectivity index (χ3n) is 4.87. The smallest absolute Gasteiger partial charge is 0.421 e. The van der Waals surface area contributed by atoms with Crippen LogP contribution in [0.4, 0.5) is 13.2 Å². The maximum atomic E-state index is 12.9. The number of alkyl halides is 3. The van der Waals surface area contributed by atoms with E-state index in [1.165, 1.54) is 25.1 Å². The molecule has 4 nitrogen and oxygen atoms in total. The van der Waals surface area contributed by atoms with Crippen LogP contribution in [0.25, 0.3) is 0 Å². The number of rotatable bonds is 7. The molecule has 0 amide bonds. The lowest BCUT2D eigenvalue weighted by molar-refractivity contribution is -0.139. The largest absolute Gasteiger partial charge is 0.477 e. The quantitative estimate of drug-likeness (QED) is 0.761. The molecular formula is C17H23F3N2O2. The molecule has 0 unspecified atom stereocenters. The predicted octanol–water partition coefficient (Wildman–Crippen LogP) is 3.23. The molecule has 2 heterocycles. The van der Waals surface area contributed by atoms with Gasteiger partial charge in [-0.1, -0.05) is 0 Å². The van der Waals surface area contributed by atoms with Crippen LogP contribution in [-0.2, 0) is 10.9 Å². The van der Waals surface area contributed by atoms with Gasteiger partial charge in [0, 0.05) is 37.7 Å². The van der Waals surface area contributed by atoms with E-state index in [0.29, 0.717) is 5.41 Å². The van der Waals surface area contributed by atoms with Crippen molar-refractivity contribution in [3.63, 3.8) is 0 Å². The van der Waals surface area contributed by atoms with E-state index in [1.54, 1.807) is 7.11 Å². The number of halogens is 3. The number of hydrogen-bond donors (Lipinski definition) is 0. The molecule has 1 aromatic heterocycles. The topological polar surface area (TPSA) is 34.6 Å². The van der Waals surface area contributed by atoms with Gasteiger partial charge in [-0.15, -0.1) is 0 Å². The van der Waals surface area contributed by atoms with E-state index in [1.807, 2.05) is 0 Å². The van der Waals surface area contributed by atoms with E-state index >= 15 is 0 Å².